The van der Waals surface area contributed by atoms with Gasteiger partial charge in [-0.15, -0.1) is 0 Å². The molecule has 0 atom stereocenters. The first-order chi connectivity index (χ1) is 11.4. The number of rotatable bonds is 3. The molecule has 0 amide bonds. The van der Waals surface area contributed by atoms with Gasteiger partial charge < -0.3 is 0 Å². The number of thiophene rings is 2. The van der Waals surface area contributed by atoms with Gasteiger partial charge in [-0.1, -0.05) is 0 Å². The summed E-state index contributed by atoms with van der Waals surface area (Å²) in [4.78, 5) is 3.13. The predicted molar refractivity (Wildman–Crippen MR) is 113 cm³/mol. The molecular weight excluding hydrogens is 560 g/mol. The molecule has 0 unspecified atom stereocenters. The van der Waals surface area contributed by atoms with Gasteiger partial charge in [-0.25, -0.2) is 0 Å². The topological polar surface area (TPSA) is 0 Å². The van der Waals surface area contributed by atoms with E-state index in [4.69, 9.17) is 0 Å². The third kappa shape index (κ3) is 2.74. The van der Waals surface area contributed by atoms with Crippen molar-refractivity contribution in [2.45, 2.75) is 54.4 Å². The third-order valence-corrected chi connectivity index (χ3v) is 17.4. The molecule has 0 saturated heterocycles. The van der Waals surface area contributed by atoms with E-state index in [1.165, 1.54) is 23.3 Å². The van der Waals surface area contributed by atoms with Crippen LogP contribution in [0.15, 0.2) is 0 Å². The van der Waals surface area contributed by atoms with Crippen molar-refractivity contribution in [1.82, 2.24) is 0 Å². The Morgan fingerprint density at radius 3 is 2.00 bits per heavy atom. The SMILES string of the molecule is Cc1sc2c(C)c(CCc3[te]c4c(C)c(C)[te]c4c3C)sc2c1C. The number of aryl methyl sites for hydroxylation is 8. The molecule has 0 bridgehead atoms. The molecular formula is C20H22S2Te2. The van der Waals surface area contributed by atoms with Crippen LogP contribution in [0.5, 0.6) is 0 Å². The van der Waals surface area contributed by atoms with Crippen molar-refractivity contribution in [2.75, 3.05) is 0 Å². The van der Waals surface area contributed by atoms with Crippen molar-refractivity contribution < 1.29 is 0 Å². The van der Waals surface area contributed by atoms with Gasteiger partial charge in [0, 0.05) is 0 Å². The van der Waals surface area contributed by atoms with Gasteiger partial charge >= 0.3 is 173 Å². The number of hydrogen-bond acceptors (Lipinski definition) is 2. The summed E-state index contributed by atoms with van der Waals surface area (Å²) >= 11 is 3.98. The summed E-state index contributed by atoms with van der Waals surface area (Å²) in [5, 5.41) is 0. The normalized spacial score (nSPS) is 12.1. The van der Waals surface area contributed by atoms with Gasteiger partial charge in [-0.05, 0) is 0 Å². The summed E-state index contributed by atoms with van der Waals surface area (Å²) < 4.78 is 10.4. The second-order valence-corrected chi connectivity index (χ2v) is 15.7. The van der Waals surface area contributed by atoms with Crippen LogP contribution >= 0.6 is 22.7 Å². The third-order valence-electron chi connectivity index (χ3n) is 5.21. The van der Waals surface area contributed by atoms with Crippen LogP contribution in [0.3, 0.4) is 0 Å². The van der Waals surface area contributed by atoms with E-state index < -0.39 is 0 Å². The number of hydrogen-bond donors (Lipinski definition) is 0. The molecule has 0 aliphatic heterocycles. The van der Waals surface area contributed by atoms with Gasteiger partial charge in [0.15, 0.2) is 0 Å². The van der Waals surface area contributed by atoms with E-state index in [-0.39, 0.29) is 40.9 Å². The Morgan fingerprint density at radius 2 is 1.33 bits per heavy atom. The van der Waals surface area contributed by atoms with Crippen molar-refractivity contribution in [1.29, 1.82) is 0 Å². The Bertz CT molecular complexity index is 982. The van der Waals surface area contributed by atoms with Crippen LogP contribution in [0.4, 0.5) is 0 Å². The second kappa shape index (κ2) is 6.56. The molecule has 0 saturated carbocycles. The molecule has 0 radical (unpaired) electrons. The van der Waals surface area contributed by atoms with Crippen LogP contribution in [-0.2, 0) is 12.8 Å². The molecule has 24 heavy (non-hydrogen) atoms. The molecule has 0 aromatic carbocycles. The van der Waals surface area contributed by atoms with Crippen LogP contribution in [0, 0.1) is 41.5 Å². The minimum atomic E-state index is -0.0681. The monoisotopic (exact) mass is 586 g/mol. The molecule has 0 aliphatic rings. The molecule has 126 valence electrons. The zero-order valence-corrected chi connectivity index (χ0v) is 21.3. The summed E-state index contributed by atoms with van der Waals surface area (Å²) in [7, 11) is 0. The Labute approximate surface area is 171 Å². The molecule has 4 heterocycles. The van der Waals surface area contributed by atoms with E-state index in [9.17, 15) is 0 Å². The molecule has 4 rings (SSSR count). The van der Waals surface area contributed by atoms with Gasteiger partial charge in [0.25, 0.3) is 0 Å². The molecule has 0 N–H and O–H groups in total. The summed E-state index contributed by atoms with van der Waals surface area (Å²) in [5.41, 5.74) is 6.48. The van der Waals surface area contributed by atoms with Gasteiger partial charge in [-0.2, -0.15) is 0 Å². The Morgan fingerprint density at radius 1 is 0.667 bits per heavy atom. The molecule has 0 nitrogen and oxygen atoms in total. The van der Waals surface area contributed by atoms with Crippen LogP contribution in [0.25, 0.3) is 16.2 Å². The maximum atomic E-state index is 2.42. The average molecular weight is 582 g/mol. The fraction of sp³-hybridized carbons (Fsp3) is 0.400. The molecule has 0 aliphatic carbocycles. The van der Waals surface area contributed by atoms with Crippen LogP contribution in [-0.4, -0.2) is 40.9 Å². The average Bonchev–Trinajstić information content (AvgIpc) is 3.20. The van der Waals surface area contributed by atoms with E-state index in [1.54, 1.807) is 34.5 Å². The van der Waals surface area contributed by atoms with Gasteiger partial charge in [0.1, 0.15) is 0 Å². The predicted octanol–water partition coefficient (Wildman–Crippen LogP) is 5.87. The fourth-order valence-corrected chi connectivity index (χ4v) is 15.6. The molecule has 4 heteroatoms. The van der Waals surface area contributed by atoms with Crippen molar-refractivity contribution in [3.63, 3.8) is 0 Å². The summed E-state index contributed by atoms with van der Waals surface area (Å²) in [6.45, 7) is 14.1. The van der Waals surface area contributed by atoms with E-state index in [2.05, 4.69) is 52.9 Å². The van der Waals surface area contributed by atoms with E-state index in [1.807, 2.05) is 21.7 Å². The first-order valence-corrected chi connectivity index (χ1v) is 14.6. The van der Waals surface area contributed by atoms with Crippen molar-refractivity contribution in [3.8, 4) is 0 Å². The van der Waals surface area contributed by atoms with Gasteiger partial charge in [0.2, 0.25) is 0 Å². The zero-order chi connectivity index (χ0) is 17.2. The Balaban J connectivity index is 1.65. The molecule has 4 aromatic heterocycles. The van der Waals surface area contributed by atoms with Crippen molar-refractivity contribution >= 4 is 79.7 Å². The van der Waals surface area contributed by atoms with Crippen molar-refractivity contribution in [3.05, 3.63) is 39.2 Å². The Kier molecular flexibility index (Phi) is 4.88. The second-order valence-electron chi connectivity index (χ2n) is 6.68. The first kappa shape index (κ1) is 17.9. The van der Waals surface area contributed by atoms with Crippen LogP contribution in [0.1, 0.15) is 39.2 Å². The van der Waals surface area contributed by atoms with Gasteiger partial charge in [0.05, 0.1) is 0 Å². The molecule has 4 aromatic rings. The standard InChI is InChI=1S/C20H22S2Te2/c1-9-13(5)21-18-11(3)15(22-17(9)18)7-8-16-12(4)20-19(24-16)10(2)14(6)23-20/h7-8H2,1-6H3. The molecule has 0 fully saturated rings. The summed E-state index contributed by atoms with van der Waals surface area (Å²) in [5.74, 6) is 0. The quantitative estimate of drug-likeness (QED) is 0.266. The number of fused-ring (bicyclic) bond motifs is 2. The van der Waals surface area contributed by atoms with Crippen LogP contribution in [0.2, 0.25) is 0 Å². The van der Waals surface area contributed by atoms with E-state index >= 15 is 0 Å². The summed E-state index contributed by atoms with van der Waals surface area (Å²) in [6.07, 6.45) is 2.57. The summed E-state index contributed by atoms with van der Waals surface area (Å²) in [6, 6.07) is 0. The van der Waals surface area contributed by atoms with E-state index in [0.717, 1.165) is 0 Å². The molecule has 0 spiro atoms. The van der Waals surface area contributed by atoms with Gasteiger partial charge in [-0.3, -0.25) is 0 Å². The van der Waals surface area contributed by atoms with Crippen LogP contribution < -0.4 is 0 Å². The first-order valence-electron chi connectivity index (χ1n) is 8.34. The maximum absolute atomic E-state index is 2.42. The van der Waals surface area contributed by atoms with E-state index in [0.29, 0.717) is 0 Å². The Hall–Kier alpha value is 0.459. The fourth-order valence-electron chi connectivity index (χ4n) is 3.31. The zero-order valence-electron chi connectivity index (χ0n) is 15.0. The van der Waals surface area contributed by atoms with Crippen molar-refractivity contribution in [2.24, 2.45) is 0 Å². The minimum absolute atomic E-state index is 0.0154.